The molecule has 1 aromatic rings. The van der Waals surface area contributed by atoms with Crippen LogP contribution in [0.15, 0.2) is 15.6 Å². The zero-order chi connectivity index (χ0) is 15.0. The maximum atomic E-state index is 11.5. The average Bonchev–Trinajstić information content (AvgIpc) is 2.89. The minimum absolute atomic E-state index is 0.0462. The molecule has 0 atom stereocenters. The van der Waals surface area contributed by atoms with E-state index in [4.69, 9.17) is 4.52 Å². The highest BCUT2D eigenvalue weighted by Crippen LogP contribution is 2.03. The van der Waals surface area contributed by atoms with Crippen molar-refractivity contribution in [3.05, 3.63) is 17.5 Å². The summed E-state index contributed by atoms with van der Waals surface area (Å²) >= 11 is 0. The van der Waals surface area contributed by atoms with Gasteiger partial charge in [0, 0.05) is 26.7 Å². The highest BCUT2D eigenvalue weighted by atomic mass is 16.5. The van der Waals surface area contributed by atoms with Crippen molar-refractivity contribution in [2.75, 3.05) is 27.2 Å². The summed E-state index contributed by atoms with van der Waals surface area (Å²) in [7, 11) is 3.41. The Kier molecular flexibility index (Phi) is 6.55. The van der Waals surface area contributed by atoms with Gasteiger partial charge >= 0.3 is 0 Å². The highest BCUT2D eigenvalue weighted by molar-refractivity contribution is 5.84. The Balaban J connectivity index is 2.53. The van der Waals surface area contributed by atoms with Gasteiger partial charge in [0.05, 0.1) is 12.2 Å². The smallest absolute Gasteiger partial charge is 0.243 e. The number of hydrogen-bond acceptors (Lipinski definition) is 4. The first-order valence-electron chi connectivity index (χ1n) is 6.73. The molecule has 0 bridgehead atoms. The zero-order valence-electron chi connectivity index (χ0n) is 12.6. The molecule has 0 fully saturated rings. The van der Waals surface area contributed by atoms with Crippen molar-refractivity contribution in [1.82, 2.24) is 20.7 Å². The minimum atomic E-state index is -0.0462. The van der Waals surface area contributed by atoms with Crippen LogP contribution >= 0.6 is 0 Å². The van der Waals surface area contributed by atoms with Gasteiger partial charge in [-0.05, 0) is 13.3 Å². The zero-order valence-corrected chi connectivity index (χ0v) is 12.6. The molecule has 112 valence electrons. The van der Waals surface area contributed by atoms with Crippen LogP contribution in [0.2, 0.25) is 0 Å². The Hall–Kier alpha value is -2.05. The molecule has 0 aliphatic heterocycles. The summed E-state index contributed by atoms with van der Waals surface area (Å²) in [5.41, 5.74) is 0.923. The van der Waals surface area contributed by atoms with Crippen molar-refractivity contribution in [3.8, 4) is 0 Å². The lowest BCUT2D eigenvalue weighted by atomic mass is 10.3. The summed E-state index contributed by atoms with van der Waals surface area (Å²) in [6, 6.07) is 1.90. The van der Waals surface area contributed by atoms with E-state index in [1.54, 1.807) is 14.1 Å². The Morgan fingerprint density at radius 1 is 1.40 bits per heavy atom. The van der Waals surface area contributed by atoms with Crippen LogP contribution in [0.1, 0.15) is 25.3 Å². The topological polar surface area (TPSA) is 82.8 Å². The molecule has 0 saturated heterocycles. The molecule has 1 rings (SSSR count). The summed E-state index contributed by atoms with van der Waals surface area (Å²) < 4.78 is 5.18. The van der Waals surface area contributed by atoms with E-state index in [2.05, 4.69) is 20.8 Å². The van der Waals surface area contributed by atoms with Crippen LogP contribution in [0.5, 0.6) is 0 Å². The second-order valence-corrected chi connectivity index (χ2v) is 4.47. The summed E-state index contributed by atoms with van der Waals surface area (Å²) in [6.07, 6.45) is 0.842. The van der Waals surface area contributed by atoms with E-state index in [0.29, 0.717) is 12.5 Å². The molecule has 0 aliphatic rings. The number of nitrogens with zero attached hydrogens (tertiary/aromatic N) is 3. The third-order valence-corrected chi connectivity index (χ3v) is 2.62. The van der Waals surface area contributed by atoms with Crippen LogP contribution in [0.3, 0.4) is 0 Å². The molecule has 1 aromatic heterocycles. The average molecular weight is 281 g/mol. The summed E-state index contributed by atoms with van der Waals surface area (Å²) in [4.78, 5) is 17.2. The lowest BCUT2D eigenvalue weighted by Gasteiger charge is -2.11. The van der Waals surface area contributed by atoms with Gasteiger partial charge in [-0.2, -0.15) is 0 Å². The minimum Gasteiger partial charge on any atom is -0.359 e. The number of nitrogens with one attached hydrogen (secondary N) is 2. The van der Waals surface area contributed by atoms with E-state index in [-0.39, 0.29) is 12.5 Å². The number of hydrogen-bond donors (Lipinski definition) is 2. The molecular weight excluding hydrogens is 258 g/mol. The monoisotopic (exact) mass is 281 g/mol. The van der Waals surface area contributed by atoms with Crippen LogP contribution in [-0.2, 0) is 17.8 Å². The van der Waals surface area contributed by atoms with E-state index in [1.807, 2.05) is 19.9 Å². The normalized spacial score (nSPS) is 11.3. The largest absolute Gasteiger partial charge is 0.359 e. The molecule has 1 heterocycles. The maximum absolute atomic E-state index is 11.5. The first-order valence-corrected chi connectivity index (χ1v) is 6.73. The first-order chi connectivity index (χ1) is 9.56. The summed E-state index contributed by atoms with van der Waals surface area (Å²) in [5.74, 6) is 1.28. The van der Waals surface area contributed by atoms with Gasteiger partial charge in [0.25, 0.3) is 0 Å². The Labute approximate surface area is 119 Å². The number of aromatic nitrogens is 1. The number of aliphatic imine (C=N–C) groups is 1. The molecular formula is C13H23N5O2. The van der Waals surface area contributed by atoms with Gasteiger partial charge < -0.3 is 20.1 Å². The van der Waals surface area contributed by atoms with Gasteiger partial charge in [-0.15, -0.1) is 0 Å². The fraction of sp³-hybridized carbons (Fsp3) is 0.615. The molecule has 2 N–H and O–H groups in total. The number of amides is 1. The van der Waals surface area contributed by atoms with Gasteiger partial charge in [0.2, 0.25) is 5.91 Å². The quantitative estimate of drug-likeness (QED) is 0.582. The Morgan fingerprint density at radius 3 is 2.70 bits per heavy atom. The molecule has 20 heavy (non-hydrogen) atoms. The Bertz CT molecular complexity index is 453. The molecule has 0 aliphatic carbocycles. The predicted octanol–water partition coefficient (Wildman–Crippen LogP) is 0.380. The van der Waals surface area contributed by atoms with Crippen molar-refractivity contribution in [1.29, 1.82) is 0 Å². The number of aryl methyl sites for hydroxylation is 1. The van der Waals surface area contributed by atoms with Crippen molar-refractivity contribution in [2.45, 2.75) is 26.8 Å². The molecule has 0 saturated carbocycles. The van der Waals surface area contributed by atoms with Crippen molar-refractivity contribution >= 4 is 11.9 Å². The highest BCUT2D eigenvalue weighted by Gasteiger charge is 2.06. The van der Waals surface area contributed by atoms with E-state index in [1.165, 1.54) is 4.90 Å². The van der Waals surface area contributed by atoms with Crippen molar-refractivity contribution in [3.63, 3.8) is 0 Å². The van der Waals surface area contributed by atoms with E-state index < -0.39 is 0 Å². The van der Waals surface area contributed by atoms with Crippen LogP contribution in [0.25, 0.3) is 0 Å². The summed E-state index contributed by atoms with van der Waals surface area (Å²) in [5, 5.41) is 10.1. The van der Waals surface area contributed by atoms with Crippen molar-refractivity contribution in [2.24, 2.45) is 4.99 Å². The van der Waals surface area contributed by atoms with Gasteiger partial charge in [-0.3, -0.25) is 4.79 Å². The van der Waals surface area contributed by atoms with Crippen LogP contribution in [-0.4, -0.2) is 49.1 Å². The van der Waals surface area contributed by atoms with E-state index in [9.17, 15) is 4.79 Å². The molecule has 7 nitrogen and oxygen atoms in total. The third-order valence-electron chi connectivity index (χ3n) is 2.62. The summed E-state index contributed by atoms with van der Waals surface area (Å²) in [6.45, 7) is 5.30. The van der Waals surface area contributed by atoms with E-state index in [0.717, 1.165) is 24.4 Å². The number of likely N-dealkylation sites (N-methyl/N-ethyl adjacent to an activating group) is 1. The van der Waals surface area contributed by atoms with Gasteiger partial charge in [0.15, 0.2) is 11.7 Å². The number of carbonyl (C=O) groups excluding carboxylic acids is 1. The Morgan fingerprint density at radius 2 is 2.15 bits per heavy atom. The first kappa shape index (κ1) is 16.0. The molecule has 0 unspecified atom stereocenters. The molecule has 0 radical (unpaired) electrons. The number of rotatable bonds is 6. The van der Waals surface area contributed by atoms with E-state index >= 15 is 0 Å². The molecule has 7 heteroatoms. The van der Waals surface area contributed by atoms with Gasteiger partial charge in [-0.1, -0.05) is 12.1 Å². The fourth-order valence-corrected chi connectivity index (χ4v) is 1.41. The predicted molar refractivity (Wildman–Crippen MR) is 77.4 cm³/mol. The number of guanidine groups is 1. The lowest BCUT2D eigenvalue weighted by molar-refractivity contribution is -0.127. The molecule has 0 aromatic carbocycles. The molecule has 0 spiro atoms. The third kappa shape index (κ3) is 5.29. The standard InChI is InChI=1S/C13H23N5O2/c1-5-10-7-11(20-17-10)8-15-13(14-6-2)16-9-12(19)18(3)4/h7H,5-6,8-9H2,1-4H3,(H2,14,15,16). The van der Waals surface area contributed by atoms with Crippen LogP contribution < -0.4 is 10.6 Å². The maximum Gasteiger partial charge on any atom is 0.243 e. The second kappa shape index (κ2) is 8.19. The second-order valence-electron chi connectivity index (χ2n) is 4.47. The van der Waals surface area contributed by atoms with Gasteiger partial charge in [-0.25, -0.2) is 4.99 Å². The van der Waals surface area contributed by atoms with Crippen molar-refractivity contribution < 1.29 is 9.32 Å². The van der Waals surface area contributed by atoms with Gasteiger partial charge in [0.1, 0.15) is 6.54 Å². The van der Waals surface area contributed by atoms with Crippen LogP contribution in [0, 0.1) is 0 Å². The SMILES string of the molecule is CCNC(=NCC(=O)N(C)C)NCc1cc(CC)no1. The lowest BCUT2D eigenvalue weighted by Crippen LogP contribution is -2.38. The number of carbonyl (C=O) groups is 1. The fourth-order valence-electron chi connectivity index (χ4n) is 1.41. The molecule has 1 amide bonds. The van der Waals surface area contributed by atoms with Crippen LogP contribution in [0.4, 0.5) is 0 Å².